The third-order valence-corrected chi connectivity index (χ3v) is 7.09. The molecule has 31 heavy (non-hydrogen) atoms. The number of fused-ring (bicyclic) bond motifs is 1. The van der Waals surface area contributed by atoms with Gasteiger partial charge in [-0.15, -0.1) is 0 Å². The van der Waals surface area contributed by atoms with Gasteiger partial charge in [-0.05, 0) is 58.0 Å². The topological polar surface area (TPSA) is 117 Å². The van der Waals surface area contributed by atoms with Gasteiger partial charge in [0.15, 0.2) is 17.8 Å². The van der Waals surface area contributed by atoms with Crippen molar-refractivity contribution in [3.8, 4) is 5.75 Å². The lowest BCUT2D eigenvalue weighted by atomic mass is 10.0. The number of amides is 1. The van der Waals surface area contributed by atoms with Crippen molar-refractivity contribution in [2.75, 3.05) is 5.32 Å². The van der Waals surface area contributed by atoms with E-state index in [-0.39, 0.29) is 24.2 Å². The van der Waals surface area contributed by atoms with Crippen LogP contribution in [0.2, 0.25) is 0 Å². The fraction of sp³-hybridized carbons (Fsp3) is 0.476. The molecule has 0 bridgehead atoms. The second-order valence-corrected chi connectivity index (χ2v) is 10.4. The molecule has 9 nitrogen and oxygen atoms in total. The molecule has 168 valence electrons. The predicted molar refractivity (Wildman–Crippen MR) is 120 cm³/mol. The summed E-state index contributed by atoms with van der Waals surface area (Å²) in [5.74, 6) is 5.21. The van der Waals surface area contributed by atoms with E-state index >= 15 is 0 Å². The van der Waals surface area contributed by atoms with Gasteiger partial charge in [0, 0.05) is 23.7 Å². The van der Waals surface area contributed by atoms with Crippen molar-refractivity contribution in [2.24, 2.45) is 0 Å². The number of ether oxygens (including phenoxy) is 2. The van der Waals surface area contributed by atoms with Gasteiger partial charge < -0.3 is 20.1 Å². The van der Waals surface area contributed by atoms with E-state index < -0.39 is 15.9 Å². The summed E-state index contributed by atoms with van der Waals surface area (Å²) in [7, 11) is -2.63. The lowest BCUT2D eigenvalue weighted by molar-refractivity contribution is 0.0981. The molecule has 1 saturated carbocycles. The van der Waals surface area contributed by atoms with Gasteiger partial charge in [0.05, 0.1) is 20.3 Å². The molecular formula is C21H29N5O4S. The molecule has 4 N–H and O–H groups in total. The fourth-order valence-electron chi connectivity index (χ4n) is 4.03. The Bertz CT molecular complexity index is 1070. The van der Waals surface area contributed by atoms with E-state index in [4.69, 9.17) is 9.47 Å². The van der Waals surface area contributed by atoms with Gasteiger partial charge in [0.1, 0.15) is 6.10 Å². The minimum atomic E-state index is -2.63. The van der Waals surface area contributed by atoms with E-state index in [1.54, 1.807) is 13.0 Å². The monoisotopic (exact) mass is 447 g/mol. The summed E-state index contributed by atoms with van der Waals surface area (Å²) in [6.07, 6.45) is 1.60. The number of aromatic nitrogens is 2. The summed E-state index contributed by atoms with van der Waals surface area (Å²) in [5, 5.41) is 13.5. The van der Waals surface area contributed by atoms with Crippen molar-refractivity contribution in [1.29, 1.82) is 0 Å². The van der Waals surface area contributed by atoms with E-state index in [1.807, 2.05) is 32.0 Å². The molecule has 2 heterocycles. The molecule has 2 unspecified atom stereocenters. The summed E-state index contributed by atoms with van der Waals surface area (Å²) in [6.45, 7) is 5.59. The summed E-state index contributed by atoms with van der Waals surface area (Å²) >= 11 is 0. The van der Waals surface area contributed by atoms with Crippen LogP contribution in [0.3, 0.4) is 0 Å². The second kappa shape index (κ2) is 8.43. The first-order chi connectivity index (χ1) is 14.7. The van der Waals surface area contributed by atoms with Crippen molar-refractivity contribution >= 4 is 33.2 Å². The molecule has 1 aliphatic heterocycles. The van der Waals surface area contributed by atoms with E-state index in [0.29, 0.717) is 22.2 Å². The van der Waals surface area contributed by atoms with Crippen LogP contribution in [0.1, 0.15) is 51.6 Å². The number of para-hydroxylation sites is 1. The van der Waals surface area contributed by atoms with Gasteiger partial charge in [-0.25, -0.2) is 13.7 Å². The zero-order chi connectivity index (χ0) is 22.2. The van der Waals surface area contributed by atoms with E-state index in [1.165, 1.54) is 0 Å². The SMILES string of the molecule is C=S1(=O)NC(C)Oc2c(Nc3cc([C@H]4CC[C@@H](OC(=O)NC(C)C)C4)[nH]n3)cccc21. The highest BCUT2D eigenvalue weighted by Gasteiger charge is 2.30. The summed E-state index contributed by atoms with van der Waals surface area (Å²) in [5.41, 5.74) is 1.66. The predicted octanol–water partition coefficient (Wildman–Crippen LogP) is 3.24. The number of nitrogens with zero attached hydrogens (tertiary/aromatic N) is 1. The average molecular weight is 448 g/mol. The van der Waals surface area contributed by atoms with Crippen LogP contribution in [-0.4, -0.2) is 44.7 Å². The van der Waals surface area contributed by atoms with Crippen LogP contribution in [0.5, 0.6) is 5.75 Å². The minimum Gasteiger partial charge on any atom is -0.471 e. The zero-order valence-corrected chi connectivity index (χ0v) is 18.8. The van der Waals surface area contributed by atoms with E-state index in [9.17, 15) is 9.00 Å². The number of hydrogen-bond donors (Lipinski definition) is 4. The molecule has 1 aromatic carbocycles. The summed E-state index contributed by atoms with van der Waals surface area (Å²) in [4.78, 5) is 12.4. The van der Waals surface area contributed by atoms with Crippen molar-refractivity contribution in [1.82, 2.24) is 20.2 Å². The van der Waals surface area contributed by atoms with Crippen LogP contribution in [0, 0.1) is 0 Å². The largest absolute Gasteiger partial charge is 0.471 e. The number of carbonyl (C=O) groups excluding carboxylic acids is 1. The first-order valence-corrected chi connectivity index (χ1v) is 12.2. The van der Waals surface area contributed by atoms with Gasteiger partial charge in [0.25, 0.3) is 0 Å². The van der Waals surface area contributed by atoms with Crippen LogP contribution < -0.4 is 20.1 Å². The Labute approximate surface area is 182 Å². The lowest BCUT2D eigenvalue weighted by Crippen LogP contribution is -2.40. The van der Waals surface area contributed by atoms with Crippen molar-refractivity contribution < 1.29 is 18.5 Å². The Morgan fingerprint density at radius 2 is 2.19 bits per heavy atom. The highest BCUT2D eigenvalue weighted by Crippen LogP contribution is 2.39. The number of alkyl carbamates (subject to hydrolysis) is 1. The van der Waals surface area contributed by atoms with E-state index in [2.05, 4.69) is 31.4 Å². The first-order valence-electron chi connectivity index (χ1n) is 10.4. The molecule has 4 atom stereocenters. The van der Waals surface area contributed by atoms with Crippen LogP contribution in [-0.2, 0) is 14.4 Å². The van der Waals surface area contributed by atoms with Crippen LogP contribution >= 0.6 is 0 Å². The van der Waals surface area contributed by atoms with Gasteiger partial charge in [-0.3, -0.25) is 5.10 Å². The number of aromatic amines is 1. The Morgan fingerprint density at radius 3 is 2.97 bits per heavy atom. The standard InChI is InChI=1S/C21H29N5O4S/c1-12(2)22-21(27)30-15-9-8-14(10-15)17-11-19(25-24-17)23-16-6-5-7-18-20(16)29-13(3)26-31(18,4)28/h5-7,11-15H,4,8-10H2,1-3H3,(H,22,27)(H,26,28)(H2,23,24,25)/t13?,14-,15+,31?/m0/s1. The first kappa shape index (κ1) is 21.5. The Hall–Kier alpha value is -2.72. The van der Waals surface area contributed by atoms with Gasteiger partial charge >= 0.3 is 6.09 Å². The molecule has 0 saturated heterocycles. The molecule has 0 spiro atoms. The number of hydrogen-bond acceptors (Lipinski definition) is 6. The normalized spacial score (nSPS) is 27.4. The molecule has 10 heteroatoms. The van der Waals surface area contributed by atoms with Crippen LogP contribution in [0.4, 0.5) is 16.3 Å². The maximum Gasteiger partial charge on any atom is 0.407 e. The lowest BCUT2D eigenvalue weighted by Gasteiger charge is -2.29. The number of nitrogens with one attached hydrogen (secondary N) is 4. The van der Waals surface area contributed by atoms with Gasteiger partial charge in [-0.2, -0.15) is 5.10 Å². The summed E-state index contributed by atoms with van der Waals surface area (Å²) < 4.78 is 27.1. The molecule has 2 aliphatic rings. The number of rotatable bonds is 5. The highest BCUT2D eigenvalue weighted by atomic mass is 32.2. The van der Waals surface area contributed by atoms with Gasteiger partial charge in [-0.1, -0.05) is 6.07 Å². The Balaban J connectivity index is 1.44. The molecule has 1 aromatic heterocycles. The Kier molecular flexibility index (Phi) is 5.85. The number of anilines is 2. The molecule has 4 rings (SSSR count). The molecule has 1 fully saturated rings. The molecule has 0 radical (unpaired) electrons. The molecule has 1 amide bonds. The molecule has 1 aliphatic carbocycles. The van der Waals surface area contributed by atoms with Crippen LogP contribution in [0.25, 0.3) is 0 Å². The molecular weight excluding hydrogens is 418 g/mol. The smallest absolute Gasteiger partial charge is 0.407 e. The number of carbonyl (C=O) groups is 1. The number of benzene rings is 1. The second-order valence-electron chi connectivity index (χ2n) is 8.36. The Morgan fingerprint density at radius 1 is 1.39 bits per heavy atom. The maximum absolute atomic E-state index is 12.8. The van der Waals surface area contributed by atoms with Crippen molar-refractivity contribution in [3.05, 3.63) is 30.0 Å². The third kappa shape index (κ3) is 4.80. The maximum atomic E-state index is 12.8. The quantitative estimate of drug-likeness (QED) is 0.523. The van der Waals surface area contributed by atoms with Crippen molar-refractivity contribution in [3.63, 3.8) is 0 Å². The van der Waals surface area contributed by atoms with Crippen LogP contribution in [0.15, 0.2) is 29.2 Å². The van der Waals surface area contributed by atoms with Crippen molar-refractivity contribution in [2.45, 2.75) is 69.2 Å². The molecule has 2 aromatic rings. The summed E-state index contributed by atoms with van der Waals surface area (Å²) in [6, 6.07) is 7.41. The average Bonchev–Trinajstić information content (AvgIpc) is 3.30. The zero-order valence-electron chi connectivity index (χ0n) is 17.9. The van der Waals surface area contributed by atoms with Gasteiger partial charge in [0.2, 0.25) is 0 Å². The third-order valence-electron chi connectivity index (χ3n) is 5.35. The highest BCUT2D eigenvalue weighted by molar-refractivity contribution is 7.98. The number of H-pyrrole nitrogens is 1. The fourth-order valence-corrected chi connectivity index (χ4v) is 5.49. The van der Waals surface area contributed by atoms with E-state index in [0.717, 1.165) is 25.0 Å². The minimum absolute atomic E-state index is 0.0503.